The van der Waals surface area contributed by atoms with E-state index < -0.39 is 0 Å². The van der Waals surface area contributed by atoms with Crippen LogP contribution in [0.3, 0.4) is 0 Å². The predicted molar refractivity (Wildman–Crippen MR) is 154 cm³/mol. The molecule has 196 valence electrons. The number of aliphatic imine (C=N–C) groups is 1. The predicted octanol–water partition coefficient (Wildman–Crippen LogP) is 8.88. The van der Waals surface area contributed by atoms with E-state index in [-0.39, 0.29) is 6.10 Å². The highest BCUT2D eigenvalue weighted by molar-refractivity contribution is 5.86. The molecule has 1 unspecified atom stereocenters. The van der Waals surface area contributed by atoms with Gasteiger partial charge in [0.2, 0.25) is 0 Å². The van der Waals surface area contributed by atoms with Crippen molar-refractivity contribution in [3.63, 3.8) is 0 Å². The molecule has 0 saturated heterocycles. The SMILES string of the molecule is C=C(/C=C(/CCCCCC)N=C(CCC)OC(C)COCCCC)C(=C)c1cc(C)ccc1NC. The third-order valence-corrected chi connectivity index (χ3v) is 5.85. The molecule has 1 aromatic carbocycles. The van der Waals surface area contributed by atoms with Crippen molar-refractivity contribution in [3.8, 4) is 0 Å². The minimum atomic E-state index is -0.0258. The zero-order chi connectivity index (χ0) is 26.1. The van der Waals surface area contributed by atoms with Gasteiger partial charge in [0.05, 0.1) is 6.61 Å². The lowest BCUT2D eigenvalue weighted by atomic mass is 9.96. The Kier molecular flexibility index (Phi) is 15.8. The Morgan fingerprint density at radius 3 is 2.43 bits per heavy atom. The summed E-state index contributed by atoms with van der Waals surface area (Å²) in [5.74, 6) is 0.783. The van der Waals surface area contributed by atoms with E-state index in [1.54, 1.807) is 0 Å². The topological polar surface area (TPSA) is 42.9 Å². The van der Waals surface area contributed by atoms with Crippen LogP contribution in [-0.2, 0) is 9.47 Å². The van der Waals surface area contributed by atoms with Gasteiger partial charge in [-0.1, -0.05) is 71.2 Å². The molecule has 1 rings (SSSR count). The van der Waals surface area contributed by atoms with Crippen molar-refractivity contribution in [2.75, 3.05) is 25.6 Å². The number of benzene rings is 1. The molecule has 0 aliphatic carbocycles. The van der Waals surface area contributed by atoms with Crippen LogP contribution in [0.4, 0.5) is 5.69 Å². The molecular weight excluding hydrogens is 432 g/mol. The molecule has 4 heteroatoms. The van der Waals surface area contributed by atoms with Crippen molar-refractivity contribution < 1.29 is 9.47 Å². The number of nitrogens with zero attached hydrogens (tertiary/aromatic N) is 1. The minimum Gasteiger partial charge on any atom is -0.475 e. The van der Waals surface area contributed by atoms with Gasteiger partial charge in [-0.25, -0.2) is 4.99 Å². The van der Waals surface area contributed by atoms with Crippen LogP contribution in [0.2, 0.25) is 0 Å². The van der Waals surface area contributed by atoms with Crippen LogP contribution in [0.5, 0.6) is 0 Å². The Hall–Kier alpha value is -2.33. The summed E-state index contributed by atoms with van der Waals surface area (Å²) in [4.78, 5) is 5.01. The van der Waals surface area contributed by atoms with E-state index >= 15 is 0 Å². The first-order chi connectivity index (χ1) is 16.9. The van der Waals surface area contributed by atoms with Gasteiger partial charge < -0.3 is 14.8 Å². The highest BCUT2D eigenvalue weighted by atomic mass is 16.5. The second-order valence-corrected chi connectivity index (χ2v) is 9.36. The molecule has 0 spiro atoms. The number of allylic oxidation sites excluding steroid dienone is 4. The highest BCUT2D eigenvalue weighted by Gasteiger charge is 2.12. The largest absolute Gasteiger partial charge is 0.475 e. The lowest BCUT2D eigenvalue weighted by molar-refractivity contribution is 0.0500. The molecule has 1 aromatic rings. The van der Waals surface area contributed by atoms with E-state index in [2.05, 4.69) is 77.4 Å². The summed E-state index contributed by atoms with van der Waals surface area (Å²) in [6.45, 7) is 20.8. The second-order valence-electron chi connectivity index (χ2n) is 9.36. The minimum absolute atomic E-state index is 0.0258. The monoisotopic (exact) mass is 482 g/mol. The van der Waals surface area contributed by atoms with E-state index in [1.165, 1.54) is 24.8 Å². The molecule has 4 nitrogen and oxygen atoms in total. The summed E-state index contributed by atoms with van der Waals surface area (Å²) in [7, 11) is 1.94. The maximum Gasteiger partial charge on any atom is 0.188 e. The van der Waals surface area contributed by atoms with Crippen LogP contribution in [0.25, 0.3) is 5.57 Å². The van der Waals surface area contributed by atoms with Crippen LogP contribution in [0.15, 0.2) is 53.7 Å². The van der Waals surface area contributed by atoms with Crippen LogP contribution in [0.1, 0.15) is 96.6 Å². The van der Waals surface area contributed by atoms with Crippen molar-refractivity contribution in [3.05, 3.63) is 59.8 Å². The normalized spacial score (nSPS) is 13.0. The van der Waals surface area contributed by atoms with Gasteiger partial charge in [0, 0.05) is 37.0 Å². The summed E-state index contributed by atoms with van der Waals surface area (Å²) < 4.78 is 12.0. The van der Waals surface area contributed by atoms with E-state index in [0.29, 0.717) is 6.61 Å². The molecule has 35 heavy (non-hydrogen) atoms. The smallest absolute Gasteiger partial charge is 0.188 e. The van der Waals surface area contributed by atoms with E-state index in [9.17, 15) is 0 Å². The summed E-state index contributed by atoms with van der Waals surface area (Å²) in [5.41, 5.74) is 6.13. The number of anilines is 1. The van der Waals surface area contributed by atoms with Gasteiger partial charge >= 0.3 is 0 Å². The standard InChI is InChI=1S/C31H50N2O2/c1-9-12-14-15-17-28(33-31(16-11-3)35-26(6)23-34-20-13-10-2)22-25(5)27(7)29-21-24(4)18-19-30(29)32-8/h18-19,21-22,26,32H,5,7,9-17,20,23H2,1-4,6,8H3/b28-22-,33-31?. The maximum atomic E-state index is 6.23. The van der Waals surface area contributed by atoms with Gasteiger partial charge in [-0.05, 0) is 68.9 Å². The molecule has 0 saturated carbocycles. The van der Waals surface area contributed by atoms with Gasteiger partial charge in [-0.2, -0.15) is 0 Å². The molecule has 0 aromatic heterocycles. The average Bonchev–Trinajstić information content (AvgIpc) is 2.84. The number of hydrogen-bond donors (Lipinski definition) is 1. The fraction of sp³-hybridized carbons (Fsp3) is 0.581. The number of aryl methyl sites for hydroxylation is 1. The summed E-state index contributed by atoms with van der Waals surface area (Å²) in [6.07, 6.45) is 11.7. The van der Waals surface area contributed by atoms with Crippen LogP contribution in [0, 0.1) is 6.92 Å². The zero-order valence-electron chi connectivity index (χ0n) is 23.3. The van der Waals surface area contributed by atoms with Gasteiger partial charge in [0.1, 0.15) is 6.10 Å². The number of unbranched alkanes of at least 4 members (excludes halogenated alkanes) is 4. The molecule has 0 aliphatic heterocycles. The zero-order valence-corrected chi connectivity index (χ0v) is 23.3. The highest BCUT2D eigenvalue weighted by Crippen LogP contribution is 2.30. The Bertz CT molecular complexity index is 838. The first-order valence-electron chi connectivity index (χ1n) is 13.6. The molecule has 0 bridgehead atoms. The first kappa shape index (κ1) is 30.7. The second kappa shape index (κ2) is 18.0. The third-order valence-electron chi connectivity index (χ3n) is 5.85. The lowest BCUT2D eigenvalue weighted by Crippen LogP contribution is -2.21. The fourth-order valence-electron chi connectivity index (χ4n) is 3.76. The molecule has 0 fully saturated rings. The van der Waals surface area contributed by atoms with Gasteiger partial charge in [0.15, 0.2) is 5.90 Å². The van der Waals surface area contributed by atoms with Crippen LogP contribution in [-0.4, -0.2) is 32.3 Å². The summed E-state index contributed by atoms with van der Waals surface area (Å²) in [6, 6.07) is 6.35. The Morgan fingerprint density at radius 1 is 1.03 bits per heavy atom. The van der Waals surface area contributed by atoms with Crippen molar-refractivity contribution in [1.29, 1.82) is 0 Å². The number of rotatable bonds is 18. The Morgan fingerprint density at radius 2 is 1.77 bits per heavy atom. The molecule has 0 aliphatic rings. The van der Waals surface area contributed by atoms with E-state index in [1.807, 2.05) is 7.05 Å². The average molecular weight is 483 g/mol. The number of nitrogens with one attached hydrogen (secondary N) is 1. The van der Waals surface area contributed by atoms with E-state index in [4.69, 9.17) is 14.5 Å². The third kappa shape index (κ3) is 12.3. The quantitative estimate of drug-likeness (QED) is 0.0983. The van der Waals surface area contributed by atoms with Crippen molar-refractivity contribution >= 4 is 17.2 Å². The maximum absolute atomic E-state index is 6.23. The van der Waals surface area contributed by atoms with Crippen molar-refractivity contribution in [2.24, 2.45) is 4.99 Å². The van der Waals surface area contributed by atoms with Gasteiger partial charge in [-0.3, -0.25) is 0 Å². The summed E-state index contributed by atoms with van der Waals surface area (Å²) >= 11 is 0. The van der Waals surface area contributed by atoms with Crippen molar-refractivity contribution in [2.45, 2.75) is 98.5 Å². The molecule has 1 atom stereocenters. The van der Waals surface area contributed by atoms with Crippen LogP contribution < -0.4 is 5.32 Å². The molecule has 0 heterocycles. The fourth-order valence-corrected chi connectivity index (χ4v) is 3.76. The Balaban J connectivity index is 3.11. The van der Waals surface area contributed by atoms with Gasteiger partial charge in [-0.15, -0.1) is 0 Å². The molecular formula is C31H50N2O2. The van der Waals surface area contributed by atoms with Crippen LogP contribution >= 0.6 is 0 Å². The first-order valence-corrected chi connectivity index (χ1v) is 13.6. The van der Waals surface area contributed by atoms with Gasteiger partial charge in [0.25, 0.3) is 0 Å². The molecule has 0 radical (unpaired) electrons. The number of hydrogen-bond acceptors (Lipinski definition) is 4. The Labute approximate surface area is 215 Å². The van der Waals surface area contributed by atoms with E-state index in [0.717, 1.165) is 79.1 Å². The lowest BCUT2D eigenvalue weighted by Gasteiger charge is -2.17. The number of ether oxygens (including phenoxy) is 2. The molecule has 0 amide bonds. The summed E-state index contributed by atoms with van der Waals surface area (Å²) in [5, 5.41) is 3.27. The van der Waals surface area contributed by atoms with Crippen molar-refractivity contribution in [1.82, 2.24) is 0 Å². The molecule has 1 N–H and O–H groups in total.